The quantitative estimate of drug-likeness (QED) is 0.842. The van der Waals surface area contributed by atoms with E-state index in [0.717, 1.165) is 12.4 Å². The van der Waals surface area contributed by atoms with Crippen molar-refractivity contribution in [1.82, 2.24) is 20.2 Å². The van der Waals surface area contributed by atoms with E-state index >= 15 is 0 Å². The van der Waals surface area contributed by atoms with Crippen LogP contribution in [0, 0.1) is 5.41 Å². The molecule has 0 radical (unpaired) electrons. The number of rotatable bonds is 4. The van der Waals surface area contributed by atoms with Gasteiger partial charge in [-0.3, -0.25) is 0 Å². The molecule has 1 aromatic rings. The molecule has 5 heteroatoms. The molecule has 1 aliphatic rings. The van der Waals surface area contributed by atoms with Crippen molar-refractivity contribution < 1.29 is 0 Å². The van der Waals surface area contributed by atoms with E-state index in [2.05, 4.69) is 22.4 Å². The Kier molecular flexibility index (Phi) is 3.23. The smallest absolute Gasteiger partial charge is 0.167 e. The third-order valence-electron chi connectivity index (χ3n) is 3.87. The van der Waals surface area contributed by atoms with Crippen molar-refractivity contribution in [3.05, 3.63) is 5.82 Å². The van der Waals surface area contributed by atoms with Gasteiger partial charge in [-0.1, -0.05) is 19.8 Å². The van der Waals surface area contributed by atoms with Crippen LogP contribution < -0.4 is 5.73 Å². The lowest BCUT2D eigenvalue weighted by Crippen LogP contribution is -2.26. The molecule has 1 unspecified atom stereocenters. The fourth-order valence-electron chi connectivity index (χ4n) is 2.72. The van der Waals surface area contributed by atoms with Crippen LogP contribution in [0.1, 0.15) is 57.8 Å². The van der Waals surface area contributed by atoms with E-state index in [9.17, 15) is 0 Å². The van der Waals surface area contributed by atoms with Crippen molar-refractivity contribution in [2.45, 2.75) is 58.5 Å². The normalized spacial score (nSPS) is 21.2. The molecule has 1 heterocycles. The molecule has 16 heavy (non-hydrogen) atoms. The summed E-state index contributed by atoms with van der Waals surface area (Å²) in [5.41, 5.74) is 6.26. The van der Waals surface area contributed by atoms with Crippen LogP contribution in [-0.2, 0) is 6.54 Å². The van der Waals surface area contributed by atoms with Gasteiger partial charge in [-0.25, -0.2) is 4.68 Å². The molecule has 0 spiro atoms. The molecular weight excluding hydrogens is 202 g/mol. The van der Waals surface area contributed by atoms with Gasteiger partial charge in [0, 0.05) is 0 Å². The SMILES string of the molecule is CCC1(Cn2nnnc2C(C)N)CCCC1. The number of nitrogens with two attached hydrogens (primary N) is 1. The average molecular weight is 223 g/mol. The first-order valence-electron chi connectivity index (χ1n) is 6.18. The highest BCUT2D eigenvalue weighted by Crippen LogP contribution is 2.42. The summed E-state index contributed by atoms with van der Waals surface area (Å²) in [6.07, 6.45) is 6.46. The van der Waals surface area contributed by atoms with Gasteiger partial charge >= 0.3 is 0 Å². The highest BCUT2D eigenvalue weighted by atomic mass is 15.5. The minimum absolute atomic E-state index is 0.0923. The van der Waals surface area contributed by atoms with Crippen molar-refractivity contribution in [3.63, 3.8) is 0 Å². The molecule has 0 amide bonds. The molecule has 1 aromatic heterocycles. The van der Waals surface area contributed by atoms with Gasteiger partial charge in [0.2, 0.25) is 0 Å². The molecule has 0 saturated heterocycles. The second kappa shape index (κ2) is 4.49. The zero-order chi connectivity index (χ0) is 11.6. The lowest BCUT2D eigenvalue weighted by atomic mass is 9.83. The van der Waals surface area contributed by atoms with Gasteiger partial charge in [-0.15, -0.1) is 5.10 Å². The number of hydrogen-bond donors (Lipinski definition) is 1. The maximum atomic E-state index is 5.85. The maximum absolute atomic E-state index is 5.85. The van der Waals surface area contributed by atoms with E-state index in [-0.39, 0.29) is 6.04 Å². The molecule has 1 atom stereocenters. The summed E-state index contributed by atoms with van der Waals surface area (Å²) in [7, 11) is 0. The molecule has 2 N–H and O–H groups in total. The zero-order valence-electron chi connectivity index (χ0n) is 10.2. The van der Waals surface area contributed by atoms with Gasteiger partial charge in [-0.05, 0) is 42.0 Å². The Labute approximate surface area is 96.4 Å². The Balaban J connectivity index is 2.16. The molecule has 5 nitrogen and oxygen atoms in total. The Morgan fingerprint density at radius 2 is 2.12 bits per heavy atom. The number of nitrogens with zero attached hydrogens (tertiary/aromatic N) is 4. The maximum Gasteiger partial charge on any atom is 0.167 e. The lowest BCUT2D eigenvalue weighted by molar-refractivity contribution is 0.220. The van der Waals surface area contributed by atoms with E-state index in [1.165, 1.54) is 32.1 Å². The van der Waals surface area contributed by atoms with Crippen LogP contribution in [-0.4, -0.2) is 20.2 Å². The van der Waals surface area contributed by atoms with Crippen molar-refractivity contribution >= 4 is 0 Å². The molecular formula is C11H21N5. The van der Waals surface area contributed by atoms with Gasteiger partial charge in [-0.2, -0.15) is 0 Å². The first-order chi connectivity index (χ1) is 7.67. The van der Waals surface area contributed by atoms with E-state index in [1.54, 1.807) is 0 Å². The Morgan fingerprint density at radius 1 is 1.44 bits per heavy atom. The van der Waals surface area contributed by atoms with Crippen molar-refractivity contribution in [2.75, 3.05) is 0 Å². The minimum atomic E-state index is -0.0923. The van der Waals surface area contributed by atoms with E-state index in [4.69, 9.17) is 5.73 Å². The largest absolute Gasteiger partial charge is 0.322 e. The van der Waals surface area contributed by atoms with Crippen LogP contribution in [0.5, 0.6) is 0 Å². The summed E-state index contributed by atoms with van der Waals surface area (Å²) < 4.78 is 1.90. The third-order valence-corrected chi connectivity index (χ3v) is 3.87. The molecule has 1 fully saturated rings. The van der Waals surface area contributed by atoms with Crippen molar-refractivity contribution in [2.24, 2.45) is 11.1 Å². The summed E-state index contributed by atoms with van der Waals surface area (Å²) in [5.74, 6) is 0.805. The number of tetrazole rings is 1. The monoisotopic (exact) mass is 223 g/mol. The molecule has 0 aromatic carbocycles. The summed E-state index contributed by atoms with van der Waals surface area (Å²) in [6.45, 7) is 5.12. The van der Waals surface area contributed by atoms with E-state index in [1.807, 2.05) is 11.6 Å². The molecule has 0 bridgehead atoms. The molecule has 0 aliphatic heterocycles. The molecule has 2 rings (SSSR count). The first-order valence-corrected chi connectivity index (χ1v) is 6.18. The van der Waals surface area contributed by atoms with Gasteiger partial charge in [0.25, 0.3) is 0 Å². The number of aromatic nitrogens is 4. The van der Waals surface area contributed by atoms with Crippen molar-refractivity contribution in [1.29, 1.82) is 0 Å². The summed E-state index contributed by atoms with van der Waals surface area (Å²) in [4.78, 5) is 0. The highest BCUT2D eigenvalue weighted by molar-refractivity contribution is 4.91. The predicted molar refractivity (Wildman–Crippen MR) is 61.6 cm³/mol. The zero-order valence-corrected chi connectivity index (χ0v) is 10.2. The predicted octanol–water partition coefficient (Wildman–Crippen LogP) is 1.66. The topological polar surface area (TPSA) is 69.6 Å². The van der Waals surface area contributed by atoms with Crippen LogP contribution in [0.15, 0.2) is 0 Å². The summed E-state index contributed by atoms with van der Waals surface area (Å²) in [5, 5.41) is 11.8. The fourth-order valence-corrected chi connectivity index (χ4v) is 2.72. The van der Waals surface area contributed by atoms with Gasteiger partial charge in [0.1, 0.15) is 0 Å². The average Bonchev–Trinajstić information content (AvgIpc) is 2.88. The van der Waals surface area contributed by atoms with Crippen LogP contribution in [0.4, 0.5) is 0 Å². The Bertz CT molecular complexity index is 338. The second-order valence-electron chi connectivity index (χ2n) is 5.04. The van der Waals surface area contributed by atoms with Crippen molar-refractivity contribution in [3.8, 4) is 0 Å². The van der Waals surface area contributed by atoms with Crippen LogP contribution in [0.3, 0.4) is 0 Å². The lowest BCUT2D eigenvalue weighted by Gasteiger charge is -2.27. The molecule has 1 saturated carbocycles. The van der Waals surface area contributed by atoms with Gasteiger partial charge in [0.05, 0.1) is 12.6 Å². The summed E-state index contributed by atoms with van der Waals surface area (Å²) in [6, 6.07) is -0.0923. The standard InChI is InChI=1S/C11H21N5/c1-3-11(6-4-5-7-11)8-16-10(9(2)12)13-14-15-16/h9H,3-8,12H2,1-2H3. The van der Waals surface area contributed by atoms with Crippen LogP contribution in [0.25, 0.3) is 0 Å². The Morgan fingerprint density at radius 3 is 2.69 bits per heavy atom. The van der Waals surface area contributed by atoms with Crippen LogP contribution >= 0.6 is 0 Å². The number of hydrogen-bond acceptors (Lipinski definition) is 4. The van der Waals surface area contributed by atoms with Gasteiger partial charge < -0.3 is 5.73 Å². The fraction of sp³-hybridized carbons (Fsp3) is 0.909. The van der Waals surface area contributed by atoms with E-state index < -0.39 is 0 Å². The minimum Gasteiger partial charge on any atom is -0.322 e. The Hall–Kier alpha value is -0.970. The third kappa shape index (κ3) is 2.09. The second-order valence-corrected chi connectivity index (χ2v) is 5.04. The van der Waals surface area contributed by atoms with E-state index in [0.29, 0.717) is 5.41 Å². The highest BCUT2D eigenvalue weighted by Gasteiger charge is 2.33. The molecule has 90 valence electrons. The molecule has 1 aliphatic carbocycles. The van der Waals surface area contributed by atoms with Gasteiger partial charge in [0.15, 0.2) is 5.82 Å². The summed E-state index contributed by atoms with van der Waals surface area (Å²) >= 11 is 0. The first kappa shape index (κ1) is 11.5. The van der Waals surface area contributed by atoms with Crippen LogP contribution in [0.2, 0.25) is 0 Å².